The van der Waals surface area contributed by atoms with E-state index in [9.17, 15) is 14.0 Å². The molecule has 0 bridgehead atoms. The Labute approximate surface area is 193 Å². The second-order valence-electron chi connectivity index (χ2n) is 6.99. The third kappa shape index (κ3) is 4.29. The zero-order valence-electron chi connectivity index (χ0n) is 16.7. The van der Waals surface area contributed by atoms with Crippen LogP contribution in [-0.4, -0.2) is 4.98 Å². The van der Waals surface area contributed by atoms with E-state index in [4.69, 9.17) is 27.9 Å². The van der Waals surface area contributed by atoms with E-state index in [-0.39, 0.29) is 17.2 Å². The second kappa shape index (κ2) is 8.96. The number of nitriles is 1. The summed E-state index contributed by atoms with van der Waals surface area (Å²) < 4.78 is 32.6. The molecule has 4 aromatic rings. The highest BCUT2D eigenvalue weighted by molar-refractivity contribution is 6.43. The van der Waals surface area contributed by atoms with E-state index in [0.29, 0.717) is 26.9 Å². The summed E-state index contributed by atoms with van der Waals surface area (Å²) in [4.78, 5) is 4.56. The molecule has 0 amide bonds. The highest BCUT2D eigenvalue weighted by atomic mass is 35.5. The largest absolute Gasteiger partial charge is 0.438 e. The first-order chi connectivity index (χ1) is 15.4. The summed E-state index contributed by atoms with van der Waals surface area (Å²) in [6.07, 6.45) is 0. The Morgan fingerprint density at radius 2 is 1.66 bits per heavy atom. The van der Waals surface area contributed by atoms with Gasteiger partial charge in [-0.15, -0.1) is 0 Å². The van der Waals surface area contributed by atoms with Gasteiger partial charge in [0.25, 0.3) is 0 Å². The first kappa shape index (κ1) is 21.8. The van der Waals surface area contributed by atoms with Crippen molar-refractivity contribution in [3.05, 3.63) is 99.5 Å². The summed E-state index contributed by atoms with van der Waals surface area (Å²) in [6.45, 7) is 1.97. The molecule has 0 atom stereocenters. The van der Waals surface area contributed by atoms with Crippen LogP contribution in [-0.2, 0) is 0 Å². The molecule has 3 nitrogen and oxygen atoms in total. The van der Waals surface area contributed by atoms with Crippen LogP contribution in [0.5, 0.6) is 11.6 Å². The van der Waals surface area contributed by atoms with Gasteiger partial charge >= 0.3 is 0 Å². The molecule has 0 aliphatic carbocycles. The number of pyridine rings is 1. The lowest BCUT2D eigenvalue weighted by atomic mass is 9.97. The van der Waals surface area contributed by atoms with Crippen LogP contribution < -0.4 is 4.74 Å². The number of rotatable bonds is 4. The van der Waals surface area contributed by atoms with Crippen molar-refractivity contribution in [2.45, 2.75) is 6.92 Å². The van der Waals surface area contributed by atoms with Gasteiger partial charge in [-0.1, -0.05) is 65.2 Å². The summed E-state index contributed by atoms with van der Waals surface area (Å²) in [7, 11) is 0. The molecule has 0 N–H and O–H groups in total. The number of nitrogens with zero attached hydrogens (tertiary/aromatic N) is 2. The summed E-state index contributed by atoms with van der Waals surface area (Å²) >= 11 is 12.7. The van der Waals surface area contributed by atoms with Crippen LogP contribution in [0.25, 0.3) is 22.4 Å². The SMILES string of the molecule is Cc1ccc(-c2cc(C#N)c(Oc3ccc(F)c(F)c3)nc2-c2cccc(Cl)c2Cl)cc1. The average molecular weight is 467 g/mol. The van der Waals surface area contributed by atoms with Crippen LogP contribution in [0.2, 0.25) is 10.0 Å². The summed E-state index contributed by atoms with van der Waals surface area (Å²) in [6, 6.07) is 19.6. The van der Waals surface area contributed by atoms with Crippen molar-refractivity contribution in [3.8, 4) is 40.1 Å². The monoisotopic (exact) mass is 466 g/mol. The van der Waals surface area contributed by atoms with E-state index < -0.39 is 11.6 Å². The topological polar surface area (TPSA) is 45.9 Å². The molecular weight excluding hydrogens is 453 g/mol. The van der Waals surface area contributed by atoms with Gasteiger partial charge in [0.2, 0.25) is 5.88 Å². The molecule has 0 saturated carbocycles. The van der Waals surface area contributed by atoms with E-state index in [1.54, 1.807) is 24.3 Å². The lowest BCUT2D eigenvalue weighted by Gasteiger charge is -2.15. The molecule has 4 rings (SSSR count). The number of hydrogen-bond donors (Lipinski definition) is 0. The van der Waals surface area contributed by atoms with E-state index in [1.807, 2.05) is 31.2 Å². The van der Waals surface area contributed by atoms with E-state index in [0.717, 1.165) is 23.3 Å². The molecule has 0 fully saturated rings. The molecule has 1 aromatic heterocycles. The van der Waals surface area contributed by atoms with Crippen molar-refractivity contribution in [2.24, 2.45) is 0 Å². The Morgan fingerprint density at radius 1 is 0.906 bits per heavy atom. The second-order valence-corrected chi connectivity index (χ2v) is 7.78. The Morgan fingerprint density at radius 3 is 2.34 bits per heavy atom. The maximum atomic E-state index is 13.7. The van der Waals surface area contributed by atoms with Gasteiger partial charge in [0.1, 0.15) is 17.4 Å². The van der Waals surface area contributed by atoms with Gasteiger partial charge in [-0.05, 0) is 36.8 Å². The molecule has 0 aliphatic heterocycles. The van der Waals surface area contributed by atoms with Gasteiger partial charge in [-0.2, -0.15) is 5.26 Å². The molecule has 0 radical (unpaired) electrons. The third-order valence-corrected chi connectivity index (χ3v) is 5.60. The smallest absolute Gasteiger partial charge is 0.237 e. The van der Waals surface area contributed by atoms with Crippen molar-refractivity contribution < 1.29 is 13.5 Å². The quantitative estimate of drug-likeness (QED) is 0.306. The number of aryl methyl sites for hydroxylation is 1. The van der Waals surface area contributed by atoms with Crippen LogP contribution in [0, 0.1) is 29.9 Å². The van der Waals surface area contributed by atoms with Gasteiger partial charge in [0.15, 0.2) is 11.6 Å². The van der Waals surface area contributed by atoms with E-state index in [2.05, 4.69) is 11.1 Å². The number of hydrogen-bond acceptors (Lipinski definition) is 3. The molecular formula is C25H14Cl2F2N2O. The zero-order valence-corrected chi connectivity index (χ0v) is 18.2. The Bertz CT molecular complexity index is 1370. The van der Waals surface area contributed by atoms with Crippen molar-refractivity contribution in [2.75, 3.05) is 0 Å². The summed E-state index contributed by atoms with van der Waals surface area (Å²) in [5.74, 6) is -2.15. The first-order valence-electron chi connectivity index (χ1n) is 9.47. The standard InChI is InChI=1S/C25H14Cl2F2N2O/c1-14-5-7-15(8-6-14)19-11-16(13-30)25(32-17-9-10-21(28)22(29)12-17)31-24(19)18-3-2-4-20(26)23(18)27/h2-12H,1H3. The lowest BCUT2D eigenvalue weighted by molar-refractivity contribution is 0.447. The lowest BCUT2D eigenvalue weighted by Crippen LogP contribution is -1.99. The maximum absolute atomic E-state index is 13.7. The highest BCUT2D eigenvalue weighted by Crippen LogP contribution is 2.40. The van der Waals surface area contributed by atoms with Crippen molar-refractivity contribution in [1.82, 2.24) is 4.98 Å². The molecule has 0 aliphatic rings. The molecule has 1 heterocycles. The molecule has 0 saturated heterocycles. The predicted molar refractivity (Wildman–Crippen MR) is 121 cm³/mol. The fourth-order valence-corrected chi connectivity index (χ4v) is 3.54. The maximum Gasteiger partial charge on any atom is 0.237 e. The van der Waals surface area contributed by atoms with Crippen LogP contribution in [0.15, 0.2) is 66.7 Å². The Hall–Kier alpha value is -3.46. The van der Waals surface area contributed by atoms with Gasteiger partial charge in [0.05, 0.1) is 15.7 Å². The van der Waals surface area contributed by atoms with Crippen LogP contribution >= 0.6 is 23.2 Å². The molecule has 3 aromatic carbocycles. The fourth-order valence-electron chi connectivity index (χ4n) is 3.15. The number of ether oxygens (including phenoxy) is 1. The average Bonchev–Trinajstić information content (AvgIpc) is 2.78. The van der Waals surface area contributed by atoms with Crippen molar-refractivity contribution in [1.29, 1.82) is 5.26 Å². The first-order valence-corrected chi connectivity index (χ1v) is 10.2. The molecule has 7 heteroatoms. The minimum absolute atomic E-state index is 0.000808. The zero-order chi connectivity index (χ0) is 22.8. The minimum atomic E-state index is -1.07. The number of halogens is 4. The van der Waals surface area contributed by atoms with Crippen LogP contribution in [0.3, 0.4) is 0 Å². The Kier molecular flexibility index (Phi) is 6.09. The minimum Gasteiger partial charge on any atom is -0.438 e. The molecule has 32 heavy (non-hydrogen) atoms. The van der Waals surface area contributed by atoms with Gasteiger partial charge < -0.3 is 4.74 Å². The van der Waals surface area contributed by atoms with Crippen molar-refractivity contribution >= 4 is 23.2 Å². The van der Waals surface area contributed by atoms with E-state index >= 15 is 0 Å². The third-order valence-electron chi connectivity index (χ3n) is 4.78. The normalized spacial score (nSPS) is 10.6. The Balaban J connectivity index is 1.94. The predicted octanol–water partition coefficient (Wildman–Crippen LogP) is 7.97. The summed E-state index contributed by atoms with van der Waals surface area (Å²) in [5.41, 5.74) is 3.61. The van der Waals surface area contributed by atoms with E-state index in [1.165, 1.54) is 6.07 Å². The van der Waals surface area contributed by atoms with Crippen molar-refractivity contribution in [3.63, 3.8) is 0 Å². The molecule has 0 unspecified atom stereocenters. The number of benzene rings is 3. The van der Waals surface area contributed by atoms with Gasteiger partial charge in [-0.25, -0.2) is 13.8 Å². The fraction of sp³-hybridized carbons (Fsp3) is 0.0400. The number of aromatic nitrogens is 1. The van der Waals surface area contributed by atoms with Gasteiger partial charge in [-0.3, -0.25) is 0 Å². The summed E-state index contributed by atoms with van der Waals surface area (Å²) in [5, 5.41) is 10.4. The van der Waals surface area contributed by atoms with Crippen LogP contribution in [0.4, 0.5) is 8.78 Å². The van der Waals surface area contributed by atoms with Crippen LogP contribution in [0.1, 0.15) is 11.1 Å². The molecule has 0 spiro atoms. The highest BCUT2D eigenvalue weighted by Gasteiger charge is 2.19. The molecule has 158 valence electrons. The van der Waals surface area contributed by atoms with Gasteiger partial charge in [0, 0.05) is 17.2 Å².